The van der Waals surface area contributed by atoms with Crippen molar-refractivity contribution in [1.29, 1.82) is 0 Å². The van der Waals surface area contributed by atoms with Crippen molar-refractivity contribution in [3.05, 3.63) is 23.8 Å². The van der Waals surface area contributed by atoms with E-state index >= 15 is 0 Å². The molecule has 0 bridgehead atoms. The Kier molecular flexibility index (Phi) is 4.21. The maximum Gasteiger partial charge on any atom is 0.184 e. The summed E-state index contributed by atoms with van der Waals surface area (Å²) in [5, 5.41) is 0. The molecule has 1 aromatic rings. The van der Waals surface area contributed by atoms with Crippen LogP contribution in [0, 0.1) is 23.0 Å². The average molecular weight is 282 g/mol. The second-order valence-electron chi connectivity index (χ2n) is 6.78. The molecule has 0 saturated carbocycles. The Morgan fingerprint density at radius 2 is 1.85 bits per heavy atom. The molecule has 0 radical (unpaired) electrons. The lowest BCUT2D eigenvalue weighted by molar-refractivity contribution is 0.220. The summed E-state index contributed by atoms with van der Waals surface area (Å²) >= 11 is 0. The summed E-state index contributed by atoms with van der Waals surface area (Å²) in [6.45, 7) is 8.18. The van der Waals surface area contributed by atoms with Gasteiger partial charge < -0.3 is 10.6 Å². The summed E-state index contributed by atoms with van der Waals surface area (Å²) in [5.41, 5.74) is 6.65. The van der Waals surface area contributed by atoms with Crippen molar-refractivity contribution >= 4 is 11.4 Å². The highest BCUT2D eigenvalue weighted by Gasteiger charge is 2.28. The molecule has 1 heterocycles. The Morgan fingerprint density at radius 1 is 1.15 bits per heavy atom. The van der Waals surface area contributed by atoms with Crippen LogP contribution in [0.1, 0.15) is 40.0 Å². The van der Waals surface area contributed by atoms with E-state index in [0.717, 1.165) is 38.4 Å². The Balaban J connectivity index is 2.21. The van der Waals surface area contributed by atoms with Gasteiger partial charge in [0.1, 0.15) is 0 Å². The molecule has 0 spiro atoms. The highest BCUT2D eigenvalue weighted by Crippen LogP contribution is 2.37. The number of nitrogen functional groups attached to an aromatic ring is 1. The molecule has 2 N–H and O–H groups in total. The number of hydrogen-bond donors (Lipinski definition) is 1. The van der Waals surface area contributed by atoms with Gasteiger partial charge in [-0.15, -0.1) is 0 Å². The first-order valence-corrected chi connectivity index (χ1v) is 7.29. The van der Waals surface area contributed by atoms with Gasteiger partial charge in [0.2, 0.25) is 0 Å². The Morgan fingerprint density at radius 3 is 2.50 bits per heavy atom. The molecule has 1 aliphatic heterocycles. The molecule has 1 aliphatic rings. The van der Waals surface area contributed by atoms with Crippen molar-refractivity contribution in [2.75, 3.05) is 23.7 Å². The molecule has 2 nitrogen and oxygen atoms in total. The van der Waals surface area contributed by atoms with Gasteiger partial charge >= 0.3 is 0 Å². The van der Waals surface area contributed by atoms with Crippen LogP contribution in [0.2, 0.25) is 0 Å². The largest absolute Gasteiger partial charge is 0.397 e. The van der Waals surface area contributed by atoms with Crippen LogP contribution in [0.3, 0.4) is 0 Å². The minimum Gasteiger partial charge on any atom is -0.397 e. The first-order valence-electron chi connectivity index (χ1n) is 7.29. The van der Waals surface area contributed by atoms with Crippen molar-refractivity contribution in [2.24, 2.45) is 11.3 Å². The minimum absolute atomic E-state index is 0.236. The van der Waals surface area contributed by atoms with Gasteiger partial charge in [0, 0.05) is 13.1 Å². The summed E-state index contributed by atoms with van der Waals surface area (Å²) in [6, 6.07) is 2.53. The van der Waals surface area contributed by atoms with Crippen LogP contribution in [0.4, 0.5) is 20.2 Å². The average Bonchev–Trinajstić information content (AvgIpc) is 2.60. The van der Waals surface area contributed by atoms with Gasteiger partial charge in [-0.05, 0) is 42.7 Å². The van der Waals surface area contributed by atoms with Crippen LogP contribution in [-0.2, 0) is 0 Å². The third kappa shape index (κ3) is 3.05. The highest BCUT2D eigenvalue weighted by molar-refractivity contribution is 5.68. The summed E-state index contributed by atoms with van der Waals surface area (Å²) in [6.07, 6.45) is 3.09. The molecule has 0 aliphatic carbocycles. The zero-order valence-electron chi connectivity index (χ0n) is 12.5. The lowest BCUT2D eigenvalue weighted by atomic mass is 9.77. The van der Waals surface area contributed by atoms with Gasteiger partial charge in [-0.2, -0.15) is 0 Å². The Bertz CT molecular complexity index is 480. The smallest absolute Gasteiger partial charge is 0.184 e. The third-order valence-electron chi connectivity index (χ3n) is 4.37. The first-order chi connectivity index (χ1) is 9.30. The fourth-order valence-electron chi connectivity index (χ4n) is 3.06. The molecule has 1 fully saturated rings. The summed E-state index contributed by atoms with van der Waals surface area (Å²) < 4.78 is 27.4. The Labute approximate surface area is 120 Å². The minimum atomic E-state index is -0.828. The summed E-state index contributed by atoms with van der Waals surface area (Å²) in [7, 11) is 0. The van der Waals surface area contributed by atoms with Crippen molar-refractivity contribution in [1.82, 2.24) is 0 Å². The zero-order valence-corrected chi connectivity index (χ0v) is 12.5. The van der Waals surface area contributed by atoms with E-state index in [1.807, 2.05) is 4.90 Å². The van der Waals surface area contributed by atoms with Crippen molar-refractivity contribution < 1.29 is 8.78 Å². The van der Waals surface area contributed by atoms with Crippen molar-refractivity contribution in [3.8, 4) is 0 Å². The first kappa shape index (κ1) is 15.1. The molecule has 4 heteroatoms. The summed E-state index contributed by atoms with van der Waals surface area (Å²) in [5.74, 6) is -1.05. The predicted molar refractivity (Wildman–Crippen MR) is 79.8 cm³/mol. The van der Waals surface area contributed by atoms with Gasteiger partial charge in [0.05, 0.1) is 11.4 Å². The van der Waals surface area contributed by atoms with E-state index in [1.165, 1.54) is 6.07 Å². The third-order valence-corrected chi connectivity index (χ3v) is 4.37. The number of anilines is 2. The number of halogens is 2. The molecule has 1 saturated heterocycles. The van der Waals surface area contributed by atoms with E-state index in [1.54, 1.807) is 0 Å². The van der Waals surface area contributed by atoms with Gasteiger partial charge in [0.15, 0.2) is 11.6 Å². The van der Waals surface area contributed by atoms with E-state index < -0.39 is 11.6 Å². The zero-order chi connectivity index (χ0) is 14.9. The topological polar surface area (TPSA) is 29.3 Å². The lowest BCUT2D eigenvalue weighted by Gasteiger charge is -2.30. The summed E-state index contributed by atoms with van der Waals surface area (Å²) in [4.78, 5) is 1.90. The van der Waals surface area contributed by atoms with Crippen LogP contribution in [0.5, 0.6) is 0 Å². The highest BCUT2D eigenvalue weighted by atomic mass is 19.2. The molecule has 0 amide bonds. The van der Waals surface area contributed by atoms with Gasteiger partial charge in [-0.1, -0.05) is 20.8 Å². The van der Waals surface area contributed by atoms with Crippen LogP contribution in [0.15, 0.2) is 12.1 Å². The van der Waals surface area contributed by atoms with Crippen molar-refractivity contribution in [2.45, 2.75) is 40.0 Å². The van der Waals surface area contributed by atoms with Crippen LogP contribution < -0.4 is 10.6 Å². The van der Waals surface area contributed by atoms with Gasteiger partial charge in [-0.25, -0.2) is 8.78 Å². The van der Waals surface area contributed by atoms with E-state index in [0.29, 0.717) is 11.6 Å². The Hall–Kier alpha value is -1.32. The van der Waals surface area contributed by atoms with Gasteiger partial charge in [0.25, 0.3) is 0 Å². The molecular weight excluding hydrogens is 258 g/mol. The maximum atomic E-state index is 14.0. The molecule has 1 aromatic carbocycles. The van der Waals surface area contributed by atoms with E-state index in [-0.39, 0.29) is 11.1 Å². The maximum absolute atomic E-state index is 14.0. The van der Waals surface area contributed by atoms with Crippen LogP contribution in [0.25, 0.3) is 0 Å². The molecule has 1 atom stereocenters. The monoisotopic (exact) mass is 282 g/mol. The van der Waals surface area contributed by atoms with Gasteiger partial charge in [-0.3, -0.25) is 0 Å². The molecular formula is C16H24F2N2. The predicted octanol–water partition coefficient (Wildman–Crippen LogP) is 4.20. The quantitative estimate of drug-likeness (QED) is 0.782. The SMILES string of the molecule is CC(C)(C)C1CCCN(c2c(N)ccc(F)c2F)CC1. The molecule has 1 unspecified atom stereocenters. The van der Waals surface area contributed by atoms with Crippen LogP contribution in [-0.4, -0.2) is 13.1 Å². The molecule has 112 valence electrons. The fraction of sp³-hybridized carbons (Fsp3) is 0.625. The molecule has 2 rings (SSSR count). The number of nitrogens with two attached hydrogens (primary N) is 1. The lowest BCUT2D eigenvalue weighted by Crippen LogP contribution is -2.27. The second-order valence-corrected chi connectivity index (χ2v) is 6.78. The normalized spacial score (nSPS) is 20.9. The van der Waals surface area contributed by atoms with Crippen molar-refractivity contribution in [3.63, 3.8) is 0 Å². The molecule has 0 aromatic heterocycles. The van der Waals surface area contributed by atoms with E-state index in [9.17, 15) is 8.78 Å². The molecule has 20 heavy (non-hydrogen) atoms. The fourth-order valence-corrected chi connectivity index (χ4v) is 3.06. The van der Waals surface area contributed by atoms with E-state index in [2.05, 4.69) is 20.8 Å². The van der Waals surface area contributed by atoms with Crippen LogP contribution >= 0.6 is 0 Å². The second kappa shape index (κ2) is 5.58. The number of nitrogens with zero attached hydrogens (tertiary/aromatic N) is 1. The number of hydrogen-bond acceptors (Lipinski definition) is 2. The standard InChI is InChI=1S/C16H24F2N2/c1-16(2,3)11-5-4-9-20(10-8-11)15-13(19)7-6-12(17)14(15)18/h6-7,11H,4-5,8-10,19H2,1-3H3. The number of rotatable bonds is 1. The number of benzene rings is 1. The van der Waals surface area contributed by atoms with E-state index in [4.69, 9.17) is 5.73 Å².